The Labute approximate surface area is 124 Å². The number of aromatic nitrogens is 2. The molecule has 0 aliphatic carbocycles. The topological polar surface area (TPSA) is 25.8 Å². The fourth-order valence-corrected chi connectivity index (χ4v) is 3.12. The summed E-state index contributed by atoms with van der Waals surface area (Å²) < 4.78 is 1.06. The first kappa shape index (κ1) is 13.8. The molecular weight excluding hydrogens is 332 g/mol. The molecule has 0 saturated heterocycles. The van der Waals surface area contributed by atoms with Gasteiger partial charge in [-0.3, -0.25) is 0 Å². The standard InChI is InChI=1S/C13H12BrClN2S/c1-2-5-12-16-11(15)8-13(17-12)18-10-7-4-3-6-9(10)14/h3-4,6-8H,2,5H2,1H3. The van der Waals surface area contributed by atoms with E-state index in [-0.39, 0.29) is 0 Å². The predicted molar refractivity (Wildman–Crippen MR) is 79.3 cm³/mol. The Balaban J connectivity index is 2.26. The molecule has 18 heavy (non-hydrogen) atoms. The number of aryl methyl sites for hydroxylation is 1. The smallest absolute Gasteiger partial charge is 0.133 e. The molecule has 5 heteroatoms. The molecule has 2 aromatic rings. The van der Waals surface area contributed by atoms with E-state index in [9.17, 15) is 0 Å². The van der Waals surface area contributed by atoms with Gasteiger partial charge in [0, 0.05) is 21.9 Å². The van der Waals surface area contributed by atoms with Crippen molar-refractivity contribution in [2.45, 2.75) is 29.7 Å². The van der Waals surface area contributed by atoms with E-state index >= 15 is 0 Å². The Kier molecular flexibility index (Phi) is 5.03. The molecule has 1 heterocycles. The third-order valence-electron chi connectivity index (χ3n) is 2.24. The molecule has 0 fully saturated rings. The highest BCUT2D eigenvalue weighted by atomic mass is 79.9. The Hall–Kier alpha value is -0.580. The fraction of sp³-hybridized carbons (Fsp3) is 0.231. The zero-order valence-electron chi connectivity index (χ0n) is 9.86. The normalized spacial score (nSPS) is 10.6. The second-order valence-corrected chi connectivity index (χ2v) is 6.03. The molecular formula is C13H12BrClN2S. The number of rotatable bonds is 4. The molecule has 1 aromatic carbocycles. The molecule has 0 amide bonds. The lowest BCUT2D eigenvalue weighted by Gasteiger charge is -2.05. The molecule has 0 N–H and O–H groups in total. The zero-order chi connectivity index (χ0) is 13.0. The maximum Gasteiger partial charge on any atom is 0.133 e. The third kappa shape index (κ3) is 3.70. The van der Waals surface area contributed by atoms with Crippen molar-refractivity contribution in [3.63, 3.8) is 0 Å². The van der Waals surface area contributed by atoms with Crippen molar-refractivity contribution >= 4 is 39.3 Å². The molecule has 2 nitrogen and oxygen atoms in total. The van der Waals surface area contributed by atoms with E-state index in [2.05, 4.69) is 32.8 Å². The molecule has 0 atom stereocenters. The Morgan fingerprint density at radius 2 is 2.06 bits per heavy atom. The highest BCUT2D eigenvalue weighted by molar-refractivity contribution is 9.10. The molecule has 0 radical (unpaired) electrons. The van der Waals surface area contributed by atoms with Crippen LogP contribution in [0.15, 0.2) is 44.7 Å². The highest BCUT2D eigenvalue weighted by Gasteiger charge is 2.06. The summed E-state index contributed by atoms with van der Waals surface area (Å²) in [6.45, 7) is 2.10. The summed E-state index contributed by atoms with van der Waals surface area (Å²) in [5, 5.41) is 1.38. The summed E-state index contributed by atoms with van der Waals surface area (Å²) in [5.41, 5.74) is 0. The van der Waals surface area contributed by atoms with Crippen LogP contribution in [0.5, 0.6) is 0 Å². The summed E-state index contributed by atoms with van der Waals surface area (Å²) in [6, 6.07) is 9.85. The van der Waals surface area contributed by atoms with Crippen molar-refractivity contribution in [1.82, 2.24) is 9.97 Å². The lowest BCUT2D eigenvalue weighted by molar-refractivity contribution is 0.810. The van der Waals surface area contributed by atoms with Gasteiger partial charge in [0.1, 0.15) is 16.0 Å². The van der Waals surface area contributed by atoms with Crippen LogP contribution in [-0.2, 0) is 6.42 Å². The second kappa shape index (κ2) is 6.55. The number of halogens is 2. The van der Waals surface area contributed by atoms with E-state index in [1.54, 1.807) is 17.8 Å². The average molecular weight is 344 g/mol. The number of benzene rings is 1. The van der Waals surface area contributed by atoms with Gasteiger partial charge in [0.15, 0.2) is 0 Å². The van der Waals surface area contributed by atoms with Gasteiger partial charge in [-0.15, -0.1) is 0 Å². The fourth-order valence-electron chi connectivity index (χ4n) is 1.47. The van der Waals surface area contributed by atoms with E-state index in [1.807, 2.05) is 24.3 Å². The summed E-state index contributed by atoms with van der Waals surface area (Å²) in [7, 11) is 0. The number of hydrogen-bond donors (Lipinski definition) is 0. The van der Waals surface area contributed by atoms with Crippen molar-refractivity contribution in [1.29, 1.82) is 0 Å². The lowest BCUT2D eigenvalue weighted by atomic mass is 10.3. The van der Waals surface area contributed by atoms with E-state index in [4.69, 9.17) is 11.6 Å². The van der Waals surface area contributed by atoms with E-state index < -0.39 is 0 Å². The molecule has 0 saturated carbocycles. The molecule has 1 aromatic heterocycles. The van der Waals surface area contributed by atoms with E-state index in [0.717, 1.165) is 33.1 Å². The van der Waals surface area contributed by atoms with Gasteiger partial charge in [-0.2, -0.15) is 0 Å². The van der Waals surface area contributed by atoms with Gasteiger partial charge in [-0.25, -0.2) is 9.97 Å². The lowest BCUT2D eigenvalue weighted by Crippen LogP contribution is -1.96. The van der Waals surface area contributed by atoms with Crippen LogP contribution in [0, 0.1) is 0 Å². The van der Waals surface area contributed by atoms with Crippen molar-refractivity contribution in [2.24, 2.45) is 0 Å². The Bertz CT molecular complexity index is 548. The first-order valence-electron chi connectivity index (χ1n) is 5.65. The SMILES string of the molecule is CCCc1nc(Cl)cc(Sc2ccccc2Br)n1. The Morgan fingerprint density at radius 1 is 1.28 bits per heavy atom. The van der Waals surface area contributed by atoms with Crippen molar-refractivity contribution in [3.8, 4) is 0 Å². The van der Waals surface area contributed by atoms with Crippen LogP contribution >= 0.6 is 39.3 Å². The van der Waals surface area contributed by atoms with Crippen LogP contribution in [0.1, 0.15) is 19.2 Å². The molecule has 2 rings (SSSR count). The van der Waals surface area contributed by atoms with E-state index in [0.29, 0.717) is 5.15 Å². The Morgan fingerprint density at radius 3 is 2.78 bits per heavy atom. The largest absolute Gasteiger partial charge is 0.226 e. The van der Waals surface area contributed by atoms with Gasteiger partial charge >= 0.3 is 0 Å². The summed E-state index contributed by atoms with van der Waals surface area (Å²) >= 11 is 11.1. The molecule has 0 aliphatic heterocycles. The monoisotopic (exact) mass is 342 g/mol. The van der Waals surface area contributed by atoms with Gasteiger partial charge in [0.2, 0.25) is 0 Å². The maximum absolute atomic E-state index is 6.02. The van der Waals surface area contributed by atoms with Gasteiger partial charge in [0.25, 0.3) is 0 Å². The minimum absolute atomic E-state index is 0.503. The second-order valence-electron chi connectivity index (χ2n) is 3.73. The van der Waals surface area contributed by atoms with Crippen molar-refractivity contribution in [2.75, 3.05) is 0 Å². The molecule has 0 spiro atoms. The van der Waals surface area contributed by atoms with Crippen LogP contribution in [0.3, 0.4) is 0 Å². The minimum atomic E-state index is 0.503. The van der Waals surface area contributed by atoms with Crippen LogP contribution in [0.4, 0.5) is 0 Å². The predicted octanol–water partition coefficient (Wildman–Crippen LogP) is 5.00. The number of nitrogens with zero attached hydrogens (tertiary/aromatic N) is 2. The molecule has 0 aliphatic rings. The van der Waals surface area contributed by atoms with Gasteiger partial charge in [0.05, 0.1) is 0 Å². The zero-order valence-corrected chi connectivity index (χ0v) is 13.0. The van der Waals surface area contributed by atoms with Crippen molar-refractivity contribution in [3.05, 3.63) is 45.8 Å². The first-order valence-corrected chi connectivity index (χ1v) is 7.63. The third-order valence-corrected chi connectivity index (χ3v) is 4.38. The summed E-state index contributed by atoms with van der Waals surface area (Å²) in [4.78, 5) is 9.84. The summed E-state index contributed by atoms with van der Waals surface area (Å²) in [6.07, 6.45) is 1.86. The molecule has 0 unspecified atom stereocenters. The van der Waals surface area contributed by atoms with Crippen LogP contribution in [0.2, 0.25) is 5.15 Å². The van der Waals surface area contributed by atoms with Gasteiger partial charge < -0.3 is 0 Å². The average Bonchev–Trinajstić information content (AvgIpc) is 2.32. The first-order chi connectivity index (χ1) is 8.69. The van der Waals surface area contributed by atoms with E-state index in [1.165, 1.54) is 0 Å². The van der Waals surface area contributed by atoms with Crippen LogP contribution in [0.25, 0.3) is 0 Å². The van der Waals surface area contributed by atoms with Crippen LogP contribution in [-0.4, -0.2) is 9.97 Å². The molecule has 94 valence electrons. The maximum atomic E-state index is 6.02. The quantitative estimate of drug-likeness (QED) is 0.731. The van der Waals surface area contributed by atoms with Crippen LogP contribution < -0.4 is 0 Å². The van der Waals surface area contributed by atoms with Crippen molar-refractivity contribution < 1.29 is 0 Å². The van der Waals surface area contributed by atoms with Gasteiger partial charge in [-0.1, -0.05) is 42.4 Å². The summed E-state index contributed by atoms with van der Waals surface area (Å²) in [5.74, 6) is 0.805. The highest BCUT2D eigenvalue weighted by Crippen LogP contribution is 2.32. The number of hydrogen-bond acceptors (Lipinski definition) is 3. The molecule has 0 bridgehead atoms. The van der Waals surface area contributed by atoms with Gasteiger partial charge in [-0.05, 0) is 34.5 Å². The minimum Gasteiger partial charge on any atom is -0.226 e.